The summed E-state index contributed by atoms with van der Waals surface area (Å²) in [6.45, 7) is 9.13. The van der Waals surface area contributed by atoms with Gasteiger partial charge in [-0.2, -0.15) is 0 Å². The van der Waals surface area contributed by atoms with Crippen LogP contribution in [-0.2, 0) is 23.2 Å². The molecule has 0 spiro atoms. The predicted molar refractivity (Wildman–Crippen MR) is 98.3 cm³/mol. The average Bonchev–Trinajstić information content (AvgIpc) is 3.27. The first kappa shape index (κ1) is 21.9. The summed E-state index contributed by atoms with van der Waals surface area (Å²) in [5, 5.41) is 0. The third-order valence-corrected chi connectivity index (χ3v) is 9.90. The molecule has 0 fully saturated rings. The number of halogens is 2. The van der Waals surface area contributed by atoms with Gasteiger partial charge in [0.1, 0.15) is 0 Å². The van der Waals surface area contributed by atoms with Crippen molar-refractivity contribution in [2.24, 2.45) is 0 Å². The van der Waals surface area contributed by atoms with Crippen molar-refractivity contribution in [1.29, 1.82) is 0 Å². The van der Waals surface area contributed by atoms with E-state index in [0.29, 0.717) is 3.63 Å². The Morgan fingerprint density at radius 2 is 1.62 bits per heavy atom. The zero-order valence-electron chi connectivity index (χ0n) is 15.6. The fraction of sp³-hybridized carbons (Fsp3) is 0.273. The summed E-state index contributed by atoms with van der Waals surface area (Å²) in [6.07, 6.45) is 10.5. The summed E-state index contributed by atoms with van der Waals surface area (Å²) >= 11 is -0.733. The summed E-state index contributed by atoms with van der Waals surface area (Å²) < 4.78 is 4.74. The van der Waals surface area contributed by atoms with E-state index in [1.807, 2.05) is 0 Å². The molecule has 134 valence electrons. The Labute approximate surface area is 189 Å². The Bertz CT molecular complexity index is 904. The van der Waals surface area contributed by atoms with Crippen LogP contribution < -0.4 is 34.0 Å². The van der Waals surface area contributed by atoms with Gasteiger partial charge in [-0.15, -0.1) is 0 Å². The maximum absolute atomic E-state index is 2.45. The van der Waals surface area contributed by atoms with Crippen LogP contribution in [0, 0.1) is 13.8 Å². The largest absolute Gasteiger partial charge is 1.00 e. The number of fused-ring (bicyclic) bond motifs is 1. The van der Waals surface area contributed by atoms with Crippen LogP contribution in [0.5, 0.6) is 0 Å². The SMILES string of the molecule is CC1=CC[C]([Zr+2][CH]2C(n3cccc3)=Cc3c(C)ccc(C)c32)=C1C.[Br-].[Br-]. The minimum absolute atomic E-state index is 0. The van der Waals surface area contributed by atoms with E-state index in [2.05, 4.69) is 81.1 Å². The zero-order valence-corrected chi connectivity index (χ0v) is 21.2. The molecule has 26 heavy (non-hydrogen) atoms. The van der Waals surface area contributed by atoms with Gasteiger partial charge in [0.05, 0.1) is 0 Å². The third kappa shape index (κ3) is 3.75. The van der Waals surface area contributed by atoms with E-state index in [1.165, 1.54) is 34.4 Å². The second-order valence-electron chi connectivity index (χ2n) is 6.96. The third-order valence-electron chi connectivity index (χ3n) is 5.48. The number of hydrogen-bond acceptors (Lipinski definition) is 0. The smallest absolute Gasteiger partial charge is 1.00 e. The minimum atomic E-state index is -0.733. The maximum Gasteiger partial charge on any atom is -1.00 e. The molecule has 0 bridgehead atoms. The fourth-order valence-electron chi connectivity index (χ4n) is 3.83. The van der Waals surface area contributed by atoms with Gasteiger partial charge >= 0.3 is 157 Å². The molecule has 2 aromatic rings. The summed E-state index contributed by atoms with van der Waals surface area (Å²) in [5.41, 5.74) is 10.5. The van der Waals surface area contributed by atoms with E-state index in [-0.39, 0.29) is 34.0 Å². The first-order valence-electron chi connectivity index (χ1n) is 8.64. The summed E-state index contributed by atoms with van der Waals surface area (Å²) in [7, 11) is 0. The molecule has 1 aromatic heterocycles. The van der Waals surface area contributed by atoms with Gasteiger partial charge < -0.3 is 34.0 Å². The maximum atomic E-state index is 2.45. The van der Waals surface area contributed by atoms with Crippen LogP contribution in [-0.4, -0.2) is 4.57 Å². The van der Waals surface area contributed by atoms with Crippen LogP contribution in [0.25, 0.3) is 11.8 Å². The molecule has 2 aliphatic rings. The molecule has 1 atom stereocenters. The molecule has 1 unspecified atom stereocenters. The molecule has 1 aromatic carbocycles. The number of benzene rings is 1. The summed E-state index contributed by atoms with van der Waals surface area (Å²) in [4.78, 5) is 0. The molecule has 0 N–H and O–H groups in total. The number of hydrogen-bond donors (Lipinski definition) is 0. The van der Waals surface area contributed by atoms with Crippen molar-refractivity contribution in [3.8, 4) is 0 Å². The first-order chi connectivity index (χ1) is 11.6. The van der Waals surface area contributed by atoms with E-state index in [0.717, 1.165) is 0 Å². The Morgan fingerprint density at radius 3 is 2.23 bits per heavy atom. The number of allylic oxidation sites excluding steroid dienone is 5. The van der Waals surface area contributed by atoms with Gasteiger partial charge in [-0.1, -0.05) is 0 Å². The molecule has 4 rings (SSSR count). The van der Waals surface area contributed by atoms with E-state index in [1.54, 1.807) is 14.4 Å². The van der Waals surface area contributed by atoms with Gasteiger partial charge in [-0.25, -0.2) is 0 Å². The quantitative estimate of drug-likeness (QED) is 0.501. The molecular weight excluding hydrogens is 529 g/mol. The van der Waals surface area contributed by atoms with Crippen LogP contribution in [0.2, 0.25) is 0 Å². The van der Waals surface area contributed by atoms with Gasteiger partial charge in [0.2, 0.25) is 0 Å². The van der Waals surface area contributed by atoms with Gasteiger partial charge in [0, 0.05) is 0 Å². The van der Waals surface area contributed by atoms with E-state index >= 15 is 0 Å². The van der Waals surface area contributed by atoms with Gasteiger partial charge in [0.25, 0.3) is 0 Å². The molecule has 1 nitrogen and oxygen atoms in total. The Balaban J connectivity index is 0.00000121. The van der Waals surface area contributed by atoms with Crippen molar-refractivity contribution in [1.82, 2.24) is 4.57 Å². The van der Waals surface area contributed by atoms with E-state index < -0.39 is 23.2 Å². The normalized spacial score (nSPS) is 17.8. The van der Waals surface area contributed by atoms with Gasteiger partial charge in [-0.05, 0) is 0 Å². The number of rotatable bonds is 3. The van der Waals surface area contributed by atoms with Crippen molar-refractivity contribution < 1.29 is 57.2 Å². The van der Waals surface area contributed by atoms with Crippen LogP contribution in [0.15, 0.2) is 57.2 Å². The molecule has 0 radical (unpaired) electrons. The van der Waals surface area contributed by atoms with Crippen molar-refractivity contribution in [3.05, 3.63) is 79.4 Å². The molecule has 2 aliphatic carbocycles. The Morgan fingerprint density at radius 1 is 0.962 bits per heavy atom. The van der Waals surface area contributed by atoms with Crippen LogP contribution in [0.1, 0.15) is 46.1 Å². The van der Waals surface area contributed by atoms with Gasteiger partial charge in [0.15, 0.2) is 0 Å². The number of aryl methyl sites for hydroxylation is 2. The topological polar surface area (TPSA) is 4.93 Å². The molecular formula is C22H23Br2NZr. The molecule has 1 heterocycles. The van der Waals surface area contributed by atoms with Crippen LogP contribution in [0.3, 0.4) is 0 Å². The molecule has 0 saturated heterocycles. The summed E-state index contributed by atoms with van der Waals surface area (Å²) in [6, 6.07) is 8.86. The van der Waals surface area contributed by atoms with E-state index in [9.17, 15) is 0 Å². The monoisotopic (exact) mass is 549 g/mol. The van der Waals surface area contributed by atoms with Crippen molar-refractivity contribution >= 4 is 11.8 Å². The Kier molecular flexibility index (Phi) is 7.33. The molecule has 0 saturated carbocycles. The van der Waals surface area contributed by atoms with Crippen molar-refractivity contribution in [2.75, 3.05) is 0 Å². The fourth-order valence-corrected chi connectivity index (χ4v) is 8.47. The number of nitrogens with zero attached hydrogens (tertiary/aromatic N) is 1. The zero-order chi connectivity index (χ0) is 16.8. The standard InChI is InChI=1S/C15H14N.C7H9.2BrH.Zr/c1-11-5-6-12(2)15-10-13(9-14(11)15)16-7-3-4-8-16;1-6-4-3-5-7(6)2;;;/h3-10H,1-2H3;4H,3H2,1-2H3;2*1H;/q;;;;+2/p-2. The minimum Gasteiger partial charge on any atom is -1.00 e. The van der Waals surface area contributed by atoms with Crippen molar-refractivity contribution in [3.63, 3.8) is 0 Å². The second kappa shape index (κ2) is 8.71. The van der Waals surface area contributed by atoms with Crippen LogP contribution in [0.4, 0.5) is 0 Å². The summed E-state index contributed by atoms with van der Waals surface area (Å²) in [5.74, 6) is 0. The predicted octanol–water partition coefficient (Wildman–Crippen LogP) is -0.128. The molecule has 0 aliphatic heterocycles. The first-order valence-corrected chi connectivity index (χ1v) is 11.3. The van der Waals surface area contributed by atoms with Crippen LogP contribution >= 0.6 is 0 Å². The van der Waals surface area contributed by atoms with Crippen molar-refractivity contribution in [2.45, 2.75) is 37.7 Å². The molecule has 4 heteroatoms. The van der Waals surface area contributed by atoms with E-state index in [4.69, 9.17) is 0 Å². The van der Waals surface area contributed by atoms with Gasteiger partial charge in [-0.3, -0.25) is 0 Å². The molecule has 0 amide bonds. The Hall–Kier alpha value is -0.437. The second-order valence-corrected chi connectivity index (χ2v) is 10.6. The average molecular weight is 552 g/mol. The number of aromatic nitrogens is 1.